The maximum Gasteiger partial charge on any atom is 0.152 e. The van der Waals surface area contributed by atoms with E-state index in [1.54, 1.807) is 13.0 Å². The molecule has 1 aromatic carbocycles. The first kappa shape index (κ1) is 15.3. The van der Waals surface area contributed by atoms with Gasteiger partial charge in [-0.15, -0.1) is 0 Å². The summed E-state index contributed by atoms with van der Waals surface area (Å²) in [6.45, 7) is 10.4. The summed E-state index contributed by atoms with van der Waals surface area (Å²) in [7, 11) is 0. The van der Waals surface area contributed by atoms with Crippen molar-refractivity contribution in [2.75, 3.05) is 0 Å². The van der Waals surface area contributed by atoms with Gasteiger partial charge in [-0.05, 0) is 79.0 Å². The molecule has 0 radical (unpaired) electrons. The van der Waals surface area contributed by atoms with E-state index < -0.39 is 0 Å². The van der Waals surface area contributed by atoms with E-state index in [0.29, 0.717) is 5.41 Å². The Hall–Kier alpha value is -1.08. The lowest BCUT2D eigenvalue weighted by molar-refractivity contribution is -0.112. The molecule has 20 heavy (non-hydrogen) atoms. The molecule has 1 aliphatic carbocycles. The second kappa shape index (κ2) is 5.37. The van der Waals surface area contributed by atoms with Gasteiger partial charge in [-0.25, -0.2) is 0 Å². The molecule has 1 aliphatic rings. The van der Waals surface area contributed by atoms with Gasteiger partial charge in [0.25, 0.3) is 0 Å². The van der Waals surface area contributed by atoms with E-state index in [2.05, 4.69) is 27.7 Å². The molecule has 0 heterocycles. The first-order valence-corrected chi connectivity index (χ1v) is 7.66. The Morgan fingerprint density at radius 1 is 1.25 bits per heavy atom. The molecule has 108 valence electrons. The van der Waals surface area contributed by atoms with Gasteiger partial charge in [-0.1, -0.05) is 31.9 Å². The number of benzene rings is 1. The topological polar surface area (TPSA) is 17.1 Å². The fourth-order valence-electron chi connectivity index (χ4n) is 3.16. The molecule has 0 bridgehead atoms. The summed E-state index contributed by atoms with van der Waals surface area (Å²) in [6.07, 6.45) is 6.88. The van der Waals surface area contributed by atoms with Crippen LogP contribution in [0.25, 0.3) is 6.08 Å². The fraction of sp³-hybridized carbons (Fsp3) is 0.500. The van der Waals surface area contributed by atoms with Gasteiger partial charge < -0.3 is 0 Å². The van der Waals surface area contributed by atoms with Gasteiger partial charge in [0.05, 0.1) is 5.02 Å². The molecule has 0 amide bonds. The summed E-state index contributed by atoms with van der Waals surface area (Å²) >= 11 is 6.54. The molecule has 1 aromatic rings. The van der Waals surface area contributed by atoms with Crippen molar-refractivity contribution < 1.29 is 4.79 Å². The Balaban J connectivity index is 2.59. The second-order valence-corrected chi connectivity index (χ2v) is 6.77. The van der Waals surface area contributed by atoms with Gasteiger partial charge >= 0.3 is 0 Å². The van der Waals surface area contributed by atoms with Crippen LogP contribution in [0.4, 0.5) is 0 Å². The molecule has 0 aliphatic heterocycles. The zero-order valence-electron chi connectivity index (χ0n) is 13.1. The van der Waals surface area contributed by atoms with E-state index in [1.807, 2.05) is 6.08 Å². The lowest BCUT2D eigenvalue weighted by Crippen LogP contribution is -2.14. The van der Waals surface area contributed by atoms with Crippen molar-refractivity contribution >= 4 is 23.5 Å². The van der Waals surface area contributed by atoms with Crippen LogP contribution >= 0.6 is 11.6 Å². The van der Waals surface area contributed by atoms with Crippen molar-refractivity contribution in [2.24, 2.45) is 5.41 Å². The minimum absolute atomic E-state index is 0.0528. The number of carbonyl (C=O) groups is 1. The lowest BCUT2D eigenvalue weighted by atomic mass is 9.84. The smallest absolute Gasteiger partial charge is 0.152 e. The highest BCUT2D eigenvalue weighted by atomic mass is 35.5. The molecule has 2 rings (SSSR count). The molecule has 0 saturated carbocycles. The summed E-state index contributed by atoms with van der Waals surface area (Å²) in [5.74, 6) is 0.0528. The van der Waals surface area contributed by atoms with Gasteiger partial charge in [0, 0.05) is 0 Å². The van der Waals surface area contributed by atoms with E-state index in [4.69, 9.17) is 11.6 Å². The monoisotopic (exact) mass is 290 g/mol. The van der Waals surface area contributed by atoms with E-state index in [9.17, 15) is 4.79 Å². The van der Waals surface area contributed by atoms with Crippen LogP contribution in [0.1, 0.15) is 55.0 Å². The first-order valence-electron chi connectivity index (χ1n) is 7.28. The predicted octanol–water partition coefficient (Wildman–Crippen LogP) is 5.07. The third kappa shape index (κ3) is 2.56. The van der Waals surface area contributed by atoms with Gasteiger partial charge in [-0.3, -0.25) is 4.79 Å². The molecule has 1 unspecified atom stereocenters. The van der Waals surface area contributed by atoms with Crippen molar-refractivity contribution in [1.82, 2.24) is 0 Å². The highest BCUT2D eigenvalue weighted by molar-refractivity contribution is 6.33. The predicted molar refractivity (Wildman–Crippen MR) is 86.4 cm³/mol. The molecule has 0 saturated heterocycles. The summed E-state index contributed by atoms with van der Waals surface area (Å²) in [5, 5.41) is 0.805. The normalized spacial score (nSPS) is 21.5. The van der Waals surface area contributed by atoms with Crippen molar-refractivity contribution in [2.45, 2.75) is 53.9 Å². The van der Waals surface area contributed by atoms with E-state index in [-0.39, 0.29) is 5.78 Å². The molecule has 0 spiro atoms. The van der Waals surface area contributed by atoms with Crippen LogP contribution < -0.4 is 0 Å². The van der Waals surface area contributed by atoms with Gasteiger partial charge in [-0.2, -0.15) is 0 Å². The number of rotatable bonds is 3. The third-order valence-electron chi connectivity index (χ3n) is 4.78. The molecular formula is C18H23ClO. The summed E-state index contributed by atoms with van der Waals surface area (Å²) in [6, 6.07) is 0. The molecule has 0 aromatic heterocycles. The van der Waals surface area contributed by atoms with E-state index >= 15 is 0 Å². The zero-order valence-corrected chi connectivity index (χ0v) is 13.8. The van der Waals surface area contributed by atoms with Crippen LogP contribution in [0, 0.1) is 19.3 Å². The number of hydrogen-bond acceptors (Lipinski definition) is 1. The van der Waals surface area contributed by atoms with Crippen molar-refractivity contribution in [3.63, 3.8) is 0 Å². The quantitative estimate of drug-likeness (QED) is 0.710. The Labute approximate surface area is 127 Å². The highest BCUT2D eigenvalue weighted by Gasteiger charge is 2.34. The van der Waals surface area contributed by atoms with Crippen LogP contribution in [0.5, 0.6) is 0 Å². The maximum atomic E-state index is 11.2. The van der Waals surface area contributed by atoms with Crippen LogP contribution in [0.2, 0.25) is 5.02 Å². The Kier molecular flexibility index (Phi) is 4.11. The van der Waals surface area contributed by atoms with E-state index in [1.165, 1.54) is 28.7 Å². The Morgan fingerprint density at radius 2 is 1.80 bits per heavy atom. The zero-order chi connectivity index (χ0) is 15.1. The number of fused-ring (bicyclic) bond motifs is 1. The van der Waals surface area contributed by atoms with Crippen LogP contribution in [0.15, 0.2) is 6.08 Å². The Morgan fingerprint density at radius 3 is 2.30 bits per heavy atom. The molecule has 2 heteroatoms. The minimum atomic E-state index is 0.0528. The van der Waals surface area contributed by atoms with Crippen molar-refractivity contribution in [3.8, 4) is 0 Å². The van der Waals surface area contributed by atoms with Crippen LogP contribution in [-0.2, 0) is 17.6 Å². The van der Waals surface area contributed by atoms with Gasteiger partial charge in [0.2, 0.25) is 0 Å². The SMILES string of the molecule is CCC1(C)Cc2c(C)c(Cl)c(C=CC(C)=O)c(C)c2C1. The molecule has 1 nitrogen and oxygen atoms in total. The Bertz CT molecular complexity index is 598. The average Bonchev–Trinajstić information content (AvgIpc) is 2.75. The lowest BCUT2D eigenvalue weighted by Gasteiger charge is -2.20. The number of halogens is 1. The molecule has 1 atom stereocenters. The maximum absolute atomic E-state index is 11.2. The fourth-order valence-corrected chi connectivity index (χ4v) is 3.48. The number of hydrogen-bond donors (Lipinski definition) is 0. The molecule has 0 fully saturated rings. The number of ketones is 1. The number of carbonyl (C=O) groups excluding carboxylic acids is 1. The first-order chi connectivity index (χ1) is 9.29. The average molecular weight is 291 g/mol. The minimum Gasteiger partial charge on any atom is -0.295 e. The van der Waals surface area contributed by atoms with Crippen LogP contribution in [-0.4, -0.2) is 5.78 Å². The molecular weight excluding hydrogens is 268 g/mol. The summed E-state index contributed by atoms with van der Waals surface area (Å²) in [5.41, 5.74) is 6.66. The highest BCUT2D eigenvalue weighted by Crippen LogP contribution is 2.45. The second-order valence-electron chi connectivity index (χ2n) is 6.40. The summed E-state index contributed by atoms with van der Waals surface area (Å²) in [4.78, 5) is 11.2. The summed E-state index contributed by atoms with van der Waals surface area (Å²) < 4.78 is 0. The van der Waals surface area contributed by atoms with Crippen molar-refractivity contribution in [1.29, 1.82) is 0 Å². The third-order valence-corrected chi connectivity index (χ3v) is 5.27. The van der Waals surface area contributed by atoms with Gasteiger partial charge in [0.15, 0.2) is 5.78 Å². The van der Waals surface area contributed by atoms with E-state index in [0.717, 1.165) is 23.4 Å². The van der Waals surface area contributed by atoms with Crippen LogP contribution in [0.3, 0.4) is 0 Å². The standard InChI is InChI=1S/C18H23ClO/c1-6-18(5)9-15-12(3)14(8-7-11(2)20)17(19)13(4)16(15)10-18/h7-8H,6,9-10H2,1-5H3. The largest absolute Gasteiger partial charge is 0.295 e. The van der Waals surface area contributed by atoms with Crippen molar-refractivity contribution in [3.05, 3.63) is 38.9 Å². The van der Waals surface area contributed by atoms with Gasteiger partial charge in [0.1, 0.15) is 0 Å². The molecule has 0 N–H and O–H groups in total. The number of allylic oxidation sites excluding steroid dienone is 1.